The largest absolute Gasteiger partial charge is 0.394 e. The summed E-state index contributed by atoms with van der Waals surface area (Å²) in [6.07, 6.45) is -6.43. The van der Waals surface area contributed by atoms with E-state index in [-0.39, 0.29) is 12.8 Å². The van der Waals surface area contributed by atoms with Crippen LogP contribution in [0, 0.1) is 0 Å². The van der Waals surface area contributed by atoms with E-state index < -0.39 is 54.3 Å². The summed E-state index contributed by atoms with van der Waals surface area (Å²) in [6.45, 7) is 7.24. The van der Waals surface area contributed by atoms with Crippen molar-refractivity contribution in [3.05, 3.63) is 12.7 Å². The maximum absolute atomic E-state index is 10.5. The van der Waals surface area contributed by atoms with Crippen molar-refractivity contribution in [2.45, 2.75) is 81.3 Å². The molecule has 7 unspecified atom stereocenters. The van der Waals surface area contributed by atoms with Crippen molar-refractivity contribution in [2.24, 2.45) is 0 Å². The van der Waals surface area contributed by atoms with Crippen LogP contribution in [0.3, 0.4) is 0 Å². The summed E-state index contributed by atoms with van der Waals surface area (Å²) < 4.78 is 10.5. The maximum atomic E-state index is 10.5. The van der Waals surface area contributed by atoms with Gasteiger partial charge in [0.2, 0.25) is 0 Å². The van der Waals surface area contributed by atoms with Gasteiger partial charge in [0.05, 0.1) is 23.9 Å². The van der Waals surface area contributed by atoms with E-state index in [9.17, 15) is 35.7 Å². The highest BCUT2D eigenvalue weighted by atomic mass is 16.8. The van der Waals surface area contributed by atoms with E-state index in [1.165, 1.54) is 26.8 Å². The van der Waals surface area contributed by atoms with Gasteiger partial charge in [0.1, 0.15) is 18.3 Å². The number of ether oxygens (including phenoxy) is 2. The third-order valence-electron chi connectivity index (χ3n) is 4.47. The predicted octanol–water partition coefficient (Wildman–Crippen LogP) is -2.02. The molecular formula is C16H30O9. The van der Waals surface area contributed by atoms with Crippen LogP contribution < -0.4 is 0 Å². The third-order valence-corrected chi connectivity index (χ3v) is 4.47. The standard InChI is InChI=1S/C16H30O9/c1-5-15(4,7-6-10(18)14(2,3)22)25-16(23)13(21)12(20)11(19)9(8-17)24-16/h5,9-13,17-23H,1,6-8H2,2-4H3. The van der Waals surface area contributed by atoms with Crippen LogP contribution in [0.1, 0.15) is 33.6 Å². The van der Waals surface area contributed by atoms with E-state index in [4.69, 9.17) is 9.47 Å². The van der Waals surface area contributed by atoms with E-state index in [1.54, 1.807) is 0 Å². The van der Waals surface area contributed by atoms with Crippen LogP contribution in [0.2, 0.25) is 0 Å². The van der Waals surface area contributed by atoms with Crippen LogP contribution in [0.5, 0.6) is 0 Å². The lowest BCUT2D eigenvalue weighted by Gasteiger charge is -2.47. The van der Waals surface area contributed by atoms with E-state index >= 15 is 0 Å². The number of rotatable bonds is 8. The summed E-state index contributed by atoms with van der Waals surface area (Å²) in [6, 6.07) is 0. The zero-order chi connectivity index (χ0) is 19.6. The van der Waals surface area contributed by atoms with Gasteiger partial charge in [-0.2, -0.15) is 0 Å². The van der Waals surface area contributed by atoms with Gasteiger partial charge in [-0.05, 0) is 33.6 Å². The van der Waals surface area contributed by atoms with Crippen LogP contribution in [-0.4, -0.2) is 90.0 Å². The Labute approximate surface area is 146 Å². The van der Waals surface area contributed by atoms with Crippen LogP contribution in [0.15, 0.2) is 12.7 Å². The van der Waals surface area contributed by atoms with Crippen molar-refractivity contribution in [1.29, 1.82) is 0 Å². The van der Waals surface area contributed by atoms with Crippen molar-refractivity contribution in [3.8, 4) is 0 Å². The van der Waals surface area contributed by atoms with Gasteiger partial charge in [0.25, 0.3) is 0 Å². The van der Waals surface area contributed by atoms with Crippen LogP contribution >= 0.6 is 0 Å². The summed E-state index contributed by atoms with van der Waals surface area (Å²) in [5.41, 5.74) is -2.66. The molecule has 0 aliphatic carbocycles. The molecule has 0 aromatic rings. The first-order valence-electron chi connectivity index (χ1n) is 8.09. The molecule has 1 aliphatic rings. The minimum absolute atomic E-state index is 0.0762. The molecule has 0 aromatic carbocycles. The first-order chi connectivity index (χ1) is 11.3. The molecular weight excluding hydrogens is 336 g/mol. The minimum atomic E-state index is -2.71. The highest BCUT2D eigenvalue weighted by molar-refractivity contribution is 4.99. The van der Waals surface area contributed by atoms with Gasteiger partial charge in [-0.15, -0.1) is 6.58 Å². The highest BCUT2D eigenvalue weighted by Crippen LogP contribution is 2.35. The number of hydrogen-bond acceptors (Lipinski definition) is 9. The average Bonchev–Trinajstić information content (AvgIpc) is 2.53. The second-order valence-electron chi connectivity index (χ2n) is 7.22. The van der Waals surface area contributed by atoms with Crippen LogP contribution in [0.25, 0.3) is 0 Å². The van der Waals surface area contributed by atoms with Crippen molar-refractivity contribution in [2.75, 3.05) is 6.61 Å². The quantitative estimate of drug-likeness (QED) is 0.190. The molecule has 0 spiro atoms. The fourth-order valence-corrected chi connectivity index (χ4v) is 2.51. The zero-order valence-electron chi connectivity index (χ0n) is 14.7. The Bertz CT molecular complexity index is 449. The Kier molecular flexibility index (Phi) is 7.13. The third kappa shape index (κ3) is 5.19. The molecule has 1 heterocycles. The van der Waals surface area contributed by atoms with Crippen LogP contribution in [-0.2, 0) is 9.47 Å². The molecule has 0 bridgehead atoms. The summed E-state index contributed by atoms with van der Waals surface area (Å²) in [4.78, 5) is 0. The van der Waals surface area contributed by atoms with Gasteiger partial charge < -0.3 is 45.2 Å². The molecule has 7 atom stereocenters. The Morgan fingerprint density at radius 2 is 1.80 bits per heavy atom. The monoisotopic (exact) mass is 366 g/mol. The van der Waals surface area contributed by atoms with Crippen molar-refractivity contribution >= 4 is 0 Å². The Hall–Kier alpha value is -0.620. The number of aliphatic hydroxyl groups is 7. The summed E-state index contributed by atoms with van der Waals surface area (Å²) >= 11 is 0. The summed E-state index contributed by atoms with van der Waals surface area (Å²) in [5.74, 6) is -2.71. The van der Waals surface area contributed by atoms with E-state index in [1.807, 2.05) is 0 Å². The molecule has 0 radical (unpaired) electrons. The van der Waals surface area contributed by atoms with Gasteiger partial charge in [0.15, 0.2) is 6.10 Å². The van der Waals surface area contributed by atoms with Gasteiger partial charge in [-0.25, -0.2) is 0 Å². The predicted molar refractivity (Wildman–Crippen MR) is 86.2 cm³/mol. The zero-order valence-corrected chi connectivity index (χ0v) is 14.7. The second kappa shape index (κ2) is 7.95. The Balaban J connectivity index is 2.91. The van der Waals surface area contributed by atoms with Gasteiger partial charge >= 0.3 is 5.97 Å². The Morgan fingerprint density at radius 3 is 2.24 bits per heavy atom. The molecule has 1 saturated heterocycles. The molecule has 148 valence electrons. The van der Waals surface area contributed by atoms with Gasteiger partial charge in [-0.1, -0.05) is 6.08 Å². The molecule has 1 aliphatic heterocycles. The Morgan fingerprint density at radius 1 is 1.24 bits per heavy atom. The van der Waals surface area contributed by atoms with Crippen LogP contribution in [0.4, 0.5) is 0 Å². The van der Waals surface area contributed by atoms with Crippen molar-refractivity contribution in [3.63, 3.8) is 0 Å². The first-order valence-corrected chi connectivity index (χ1v) is 8.09. The van der Waals surface area contributed by atoms with Gasteiger partial charge in [0, 0.05) is 0 Å². The SMILES string of the molecule is C=CC(C)(CCC(O)C(C)(C)O)OC1(O)OC(CO)C(O)C(O)C1O. The molecule has 1 rings (SSSR count). The molecule has 9 nitrogen and oxygen atoms in total. The molecule has 25 heavy (non-hydrogen) atoms. The average molecular weight is 366 g/mol. The molecule has 9 heteroatoms. The lowest BCUT2D eigenvalue weighted by molar-refractivity contribution is -0.465. The smallest absolute Gasteiger partial charge is 0.312 e. The molecule has 7 N–H and O–H groups in total. The van der Waals surface area contributed by atoms with Crippen molar-refractivity contribution in [1.82, 2.24) is 0 Å². The maximum Gasteiger partial charge on any atom is 0.312 e. The topological polar surface area (TPSA) is 160 Å². The summed E-state index contributed by atoms with van der Waals surface area (Å²) in [5, 5.41) is 69.0. The fourth-order valence-electron chi connectivity index (χ4n) is 2.51. The van der Waals surface area contributed by atoms with E-state index in [0.717, 1.165) is 0 Å². The second-order valence-corrected chi connectivity index (χ2v) is 7.22. The normalized spacial score (nSPS) is 37.4. The first kappa shape index (κ1) is 22.4. The molecule has 0 saturated carbocycles. The molecule has 1 fully saturated rings. The lowest BCUT2D eigenvalue weighted by atomic mass is 9.91. The molecule has 0 amide bonds. The summed E-state index contributed by atoms with van der Waals surface area (Å²) in [7, 11) is 0. The molecule has 0 aromatic heterocycles. The van der Waals surface area contributed by atoms with E-state index in [0.29, 0.717) is 0 Å². The number of hydrogen-bond donors (Lipinski definition) is 7. The van der Waals surface area contributed by atoms with E-state index in [2.05, 4.69) is 6.58 Å². The minimum Gasteiger partial charge on any atom is -0.394 e. The highest BCUT2D eigenvalue weighted by Gasteiger charge is 2.56. The fraction of sp³-hybridized carbons (Fsp3) is 0.875. The lowest BCUT2D eigenvalue weighted by Crippen LogP contribution is -2.67. The van der Waals surface area contributed by atoms with Gasteiger partial charge in [-0.3, -0.25) is 0 Å². The number of aliphatic hydroxyl groups excluding tert-OH is 5. The van der Waals surface area contributed by atoms with Crippen molar-refractivity contribution < 1.29 is 45.2 Å².